The minimum atomic E-state index is -2.76. The topological polar surface area (TPSA) is 93.4 Å². The van der Waals surface area contributed by atoms with Crippen LogP contribution in [0.4, 0.5) is 25.1 Å². The summed E-state index contributed by atoms with van der Waals surface area (Å²) in [5.41, 5.74) is 2.55. The van der Waals surface area contributed by atoms with Crippen LogP contribution in [-0.4, -0.2) is 31.5 Å². The Hall–Kier alpha value is -3.30. The first-order chi connectivity index (χ1) is 14.7. The number of benzene rings is 1. The lowest BCUT2D eigenvalue weighted by Crippen LogP contribution is -2.27. The number of amides is 1. The molecule has 164 valence electrons. The van der Waals surface area contributed by atoms with E-state index in [1.807, 2.05) is 39.0 Å². The van der Waals surface area contributed by atoms with E-state index in [-0.39, 0.29) is 11.7 Å². The molecule has 0 saturated heterocycles. The van der Waals surface area contributed by atoms with Crippen LogP contribution in [0.25, 0.3) is 5.65 Å². The van der Waals surface area contributed by atoms with Gasteiger partial charge in [0.15, 0.2) is 5.65 Å². The maximum Gasteiger partial charge on any atom is 0.412 e. The second-order valence-corrected chi connectivity index (χ2v) is 8.48. The third kappa shape index (κ3) is 4.73. The third-order valence-electron chi connectivity index (χ3n) is 4.91. The van der Waals surface area contributed by atoms with Crippen LogP contribution in [0.2, 0.25) is 0 Å². The molecule has 0 aliphatic heterocycles. The summed E-state index contributed by atoms with van der Waals surface area (Å²) < 4.78 is 32.6. The Morgan fingerprint density at radius 3 is 2.77 bits per heavy atom. The van der Waals surface area contributed by atoms with E-state index in [1.165, 1.54) is 0 Å². The molecule has 1 aliphatic rings. The number of carbonyl (C=O) groups is 1. The molecule has 0 spiro atoms. The number of rotatable bonds is 4. The minimum Gasteiger partial charge on any atom is -0.444 e. The van der Waals surface area contributed by atoms with Crippen LogP contribution >= 0.6 is 0 Å². The van der Waals surface area contributed by atoms with Gasteiger partial charge in [-0.25, -0.2) is 13.6 Å². The van der Waals surface area contributed by atoms with E-state index in [4.69, 9.17) is 4.74 Å². The molecule has 10 heteroatoms. The van der Waals surface area contributed by atoms with Crippen molar-refractivity contribution in [3.63, 3.8) is 0 Å². The van der Waals surface area contributed by atoms with Gasteiger partial charge in [-0.15, -0.1) is 15.3 Å². The zero-order valence-corrected chi connectivity index (χ0v) is 17.5. The minimum absolute atomic E-state index is 0.0317. The van der Waals surface area contributed by atoms with Crippen molar-refractivity contribution in [1.82, 2.24) is 19.8 Å². The SMILES string of the molecule is CC(C)(C)OC(=O)Nc1ccc2c(c1)CCCC2Nc1ccc2nnc(C(F)F)n2n1. The van der Waals surface area contributed by atoms with Crippen LogP contribution in [0.3, 0.4) is 0 Å². The Balaban J connectivity index is 1.53. The molecular weight excluding hydrogens is 406 g/mol. The van der Waals surface area contributed by atoms with E-state index >= 15 is 0 Å². The number of hydrogen-bond acceptors (Lipinski definition) is 6. The Bertz CT molecular complexity index is 1110. The summed E-state index contributed by atoms with van der Waals surface area (Å²) in [6, 6.07) is 9.00. The zero-order valence-electron chi connectivity index (χ0n) is 17.5. The summed E-state index contributed by atoms with van der Waals surface area (Å²) in [5.74, 6) is -0.0245. The molecule has 0 saturated carbocycles. The summed E-state index contributed by atoms with van der Waals surface area (Å²) in [7, 11) is 0. The average molecular weight is 430 g/mol. The van der Waals surface area contributed by atoms with E-state index in [0.29, 0.717) is 11.5 Å². The molecule has 8 nitrogen and oxygen atoms in total. The fourth-order valence-corrected chi connectivity index (χ4v) is 3.66. The number of halogens is 2. The molecule has 2 N–H and O–H groups in total. The monoisotopic (exact) mass is 430 g/mol. The summed E-state index contributed by atoms with van der Waals surface area (Å²) in [5, 5.41) is 17.6. The quantitative estimate of drug-likeness (QED) is 0.612. The standard InChI is InChI=1S/C21H24F2N6O2/c1-21(2,3)31-20(30)24-13-7-8-14-12(11-13)5-4-6-15(14)25-16-9-10-17-26-27-19(18(22)23)29(17)28-16/h7-11,15,18H,4-6H2,1-3H3,(H,24,30)(H,25,28). The van der Waals surface area contributed by atoms with Gasteiger partial charge in [0.05, 0.1) is 6.04 Å². The lowest BCUT2D eigenvalue weighted by atomic mass is 9.87. The van der Waals surface area contributed by atoms with E-state index < -0.39 is 23.9 Å². The largest absolute Gasteiger partial charge is 0.444 e. The Morgan fingerprint density at radius 1 is 1.23 bits per heavy atom. The van der Waals surface area contributed by atoms with Crippen molar-refractivity contribution < 1.29 is 18.3 Å². The van der Waals surface area contributed by atoms with Gasteiger partial charge in [-0.1, -0.05) is 6.07 Å². The van der Waals surface area contributed by atoms with Crippen molar-refractivity contribution in [1.29, 1.82) is 0 Å². The number of carbonyl (C=O) groups excluding carboxylic acids is 1. The number of aromatic nitrogens is 4. The Labute approximate surface area is 178 Å². The molecule has 0 bridgehead atoms. The molecule has 2 heterocycles. The third-order valence-corrected chi connectivity index (χ3v) is 4.91. The van der Waals surface area contributed by atoms with E-state index in [2.05, 4.69) is 25.9 Å². The maximum absolute atomic E-state index is 13.1. The van der Waals surface area contributed by atoms with Gasteiger partial charge < -0.3 is 10.1 Å². The predicted molar refractivity (Wildman–Crippen MR) is 111 cm³/mol. The van der Waals surface area contributed by atoms with Crippen molar-refractivity contribution >= 4 is 23.2 Å². The fraction of sp³-hybridized carbons (Fsp3) is 0.429. The van der Waals surface area contributed by atoms with Crippen molar-refractivity contribution in [2.45, 2.75) is 58.1 Å². The number of fused-ring (bicyclic) bond motifs is 2. The molecule has 4 rings (SSSR count). The normalized spacial score (nSPS) is 16.3. The van der Waals surface area contributed by atoms with Gasteiger partial charge >= 0.3 is 6.09 Å². The van der Waals surface area contributed by atoms with Crippen molar-refractivity contribution in [2.75, 3.05) is 10.6 Å². The van der Waals surface area contributed by atoms with Gasteiger partial charge in [0, 0.05) is 5.69 Å². The van der Waals surface area contributed by atoms with Gasteiger partial charge in [-0.2, -0.15) is 4.52 Å². The molecule has 1 aliphatic carbocycles. The maximum atomic E-state index is 13.1. The molecular formula is C21H24F2N6O2. The number of anilines is 2. The molecule has 1 aromatic carbocycles. The molecule has 1 atom stereocenters. The highest BCUT2D eigenvalue weighted by molar-refractivity contribution is 5.85. The predicted octanol–water partition coefficient (Wildman–Crippen LogP) is 4.90. The lowest BCUT2D eigenvalue weighted by Gasteiger charge is -2.27. The molecule has 31 heavy (non-hydrogen) atoms. The zero-order chi connectivity index (χ0) is 22.2. The molecule has 1 unspecified atom stereocenters. The lowest BCUT2D eigenvalue weighted by molar-refractivity contribution is 0.0636. The molecule has 0 radical (unpaired) electrons. The van der Waals surface area contributed by atoms with Crippen LogP contribution in [0, 0.1) is 0 Å². The first-order valence-corrected chi connectivity index (χ1v) is 10.1. The number of nitrogens with one attached hydrogen (secondary N) is 2. The van der Waals surface area contributed by atoms with Crippen LogP contribution in [0.5, 0.6) is 0 Å². The number of alkyl halides is 2. The molecule has 0 fully saturated rings. The number of nitrogens with zero attached hydrogens (tertiary/aromatic N) is 4. The fourth-order valence-electron chi connectivity index (χ4n) is 3.66. The van der Waals surface area contributed by atoms with Crippen LogP contribution in [-0.2, 0) is 11.2 Å². The van der Waals surface area contributed by atoms with Gasteiger partial charge in [-0.05, 0) is 75.4 Å². The van der Waals surface area contributed by atoms with Gasteiger partial charge in [0.2, 0.25) is 5.82 Å². The smallest absolute Gasteiger partial charge is 0.412 e. The first kappa shape index (κ1) is 21.0. The molecule has 3 aromatic rings. The van der Waals surface area contributed by atoms with Gasteiger partial charge in [0.1, 0.15) is 11.4 Å². The van der Waals surface area contributed by atoms with Crippen LogP contribution < -0.4 is 10.6 Å². The van der Waals surface area contributed by atoms with Crippen LogP contribution in [0.15, 0.2) is 30.3 Å². The second-order valence-electron chi connectivity index (χ2n) is 8.48. The highest BCUT2D eigenvalue weighted by atomic mass is 19.3. The number of hydrogen-bond donors (Lipinski definition) is 2. The van der Waals surface area contributed by atoms with Gasteiger partial charge in [-0.3, -0.25) is 5.32 Å². The Kier molecular flexibility index (Phi) is 5.47. The first-order valence-electron chi connectivity index (χ1n) is 10.1. The second kappa shape index (κ2) is 8.09. The van der Waals surface area contributed by atoms with E-state index in [9.17, 15) is 13.6 Å². The van der Waals surface area contributed by atoms with Gasteiger partial charge in [0.25, 0.3) is 6.43 Å². The number of aryl methyl sites for hydroxylation is 1. The van der Waals surface area contributed by atoms with Crippen LogP contribution in [0.1, 0.15) is 63.0 Å². The highest BCUT2D eigenvalue weighted by Crippen LogP contribution is 2.34. The van der Waals surface area contributed by atoms with Crippen molar-refractivity contribution in [3.8, 4) is 0 Å². The summed E-state index contributed by atoms with van der Waals surface area (Å²) in [4.78, 5) is 12.0. The van der Waals surface area contributed by atoms with E-state index in [1.54, 1.807) is 12.1 Å². The summed E-state index contributed by atoms with van der Waals surface area (Å²) in [6.07, 6.45) is -0.568. The average Bonchev–Trinajstić information content (AvgIpc) is 3.10. The van der Waals surface area contributed by atoms with Crippen molar-refractivity contribution in [3.05, 3.63) is 47.3 Å². The summed E-state index contributed by atoms with van der Waals surface area (Å²) >= 11 is 0. The summed E-state index contributed by atoms with van der Waals surface area (Å²) in [6.45, 7) is 5.43. The molecule has 1 amide bonds. The van der Waals surface area contributed by atoms with E-state index in [0.717, 1.165) is 34.9 Å². The van der Waals surface area contributed by atoms with Crippen molar-refractivity contribution in [2.24, 2.45) is 0 Å². The Morgan fingerprint density at radius 2 is 2.03 bits per heavy atom. The highest BCUT2D eigenvalue weighted by Gasteiger charge is 2.23. The molecule has 2 aromatic heterocycles. The number of ether oxygens (including phenoxy) is 1.